The van der Waals surface area contributed by atoms with E-state index in [1.807, 2.05) is 6.92 Å². The van der Waals surface area contributed by atoms with Gasteiger partial charge in [-0.2, -0.15) is 0 Å². The molecule has 1 nitrogen and oxygen atoms in total. The predicted octanol–water partition coefficient (Wildman–Crippen LogP) is -0.260. The van der Waals surface area contributed by atoms with E-state index in [4.69, 9.17) is 5.11 Å². The topological polar surface area (TPSA) is 20.2 Å². The van der Waals surface area contributed by atoms with Crippen molar-refractivity contribution in [2.24, 2.45) is 0 Å². The first-order valence-electron chi connectivity index (χ1n) is 1.52. The standard InChI is InChI=1S/C3H8O.Rb.H/c1-2-3-4;;/h4H,2-3H2,1H3;;. The van der Waals surface area contributed by atoms with Crippen molar-refractivity contribution in [1.29, 1.82) is 0 Å². The second kappa shape index (κ2) is 9.23. The van der Waals surface area contributed by atoms with Gasteiger partial charge in [0.2, 0.25) is 0 Å². The van der Waals surface area contributed by atoms with Crippen molar-refractivity contribution in [3.8, 4) is 0 Å². The van der Waals surface area contributed by atoms with E-state index in [2.05, 4.69) is 0 Å². The summed E-state index contributed by atoms with van der Waals surface area (Å²) in [6, 6.07) is 0. The molecule has 0 aromatic heterocycles. The Morgan fingerprint density at radius 2 is 1.80 bits per heavy atom. The van der Waals surface area contributed by atoms with Crippen molar-refractivity contribution in [3.63, 3.8) is 0 Å². The van der Waals surface area contributed by atoms with E-state index in [0.29, 0.717) is 6.61 Å². The zero-order valence-corrected chi connectivity index (χ0v) is 2.86. The molecule has 0 aromatic rings. The van der Waals surface area contributed by atoms with Crippen LogP contribution in [0.1, 0.15) is 13.3 Å². The molecule has 0 amide bonds. The molecule has 0 aliphatic rings. The van der Waals surface area contributed by atoms with E-state index < -0.39 is 0 Å². The van der Waals surface area contributed by atoms with Crippen LogP contribution in [0, 0.1) is 0 Å². The van der Waals surface area contributed by atoms with Gasteiger partial charge in [-0.3, -0.25) is 0 Å². The summed E-state index contributed by atoms with van der Waals surface area (Å²) in [4.78, 5) is 0. The van der Waals surface area contributed by atoms with Crippen molar-refractivity contribution >= 4 is 58.2 Å². The average molecular weight is 147 g/mol. The zero-order chi connectivity index (χ0) is 3.41. The summed E-state index contributed by atoms with van der Waals surface area (Å²) in [6.07, 6.45) is 0.875. The maximum atomic E-state index is 7.88. The molecule has 5 heavy (non-hydrogen) atoms. The van der Waals surface area contributed by atoms with Gasteiger partial charge in [-0.05, 0) is 6.42 Å². The van der Waals surface area contributed by atoms with Gasteiger partial charge in [0.25, 0.3) is 0 Å². The number of rotatable bonds is 1. The van der Waals surface area contributed by atoms with Crippen molar-refractivity contribution < 1.29 is 5.11 Å². The normalized spacial score (nSPS) is 6.00. The third-order valence-electron chi connectivity index (χ3n) is 0.224. The van der Waals surface area contributed by atoms with Crippen molar-refractivity contribution in [2.45, 2.75) is 13.3 Å². The van der Waals surface area contributed by atoms with Crippen molar-refractivity contribution in [2.75, 3.05) is 6.61 Å². The van der Waals surface area contributed by atoms with E-state index in [0.717, 1.165) is 6.42 Å². The Morgan fingerprint density at radius 3 is 1.80 bits per heavy atom. The summed E-state index contributed by atoms with van der Waals surface area (Å²) in [5, 5.41) is 7.88. The van der Waals surface area contributed by atoms with Crippen LogP contribution in [0.4, 0.5) is 0 Å². The Hall–Kier alpha value is 1.77. The Bertz CT molecular complexity index is 8.85. The Balaban J connectivity index is 0. The summed E-state index contributed by atoms with van der Waals surface area (Å²) < 4.78 is 0. The zero-order valence-electron chi connectivity index (χ0n) is 2.86. The van der Waals surface area contributed by atoms with E-state index in [9.17, 15) is 0 Å². The van der Waals surface area contributed by atoms with Crippen LogP contribution >= 0.6 is 0 Å². The van der Waals surface area contributed by atoms with Gasteiger partial charge in [0.05, 0.1) is 0 Å². The first-order chi connectivity index (χ1) is 1.91. The third kappa shape index (κ3) is 10.7. The van der Waals surface area contributed by atoms with Gasteiger partial charge < -0.3 is 5.11 Å². The van der Waals surface area contributed by atoms with E-state index in [-0.39, 0.29) is 58.2 Å². The molecule has 0 aliphatic heterocycles. The molecule has 0 saturated heterocycles. The molecule has 2 heteroatoms. The van der Waals surface area contributed by atoms with Crippen LogP contribution in [0.5, 0.6) is 0 Å². The Labute approximate surface area is 81.6 Å². The first-order valence-corrected chi connectivity index (χ1v) is 1.52. The summed E-state index contributed by atoms with van der Waals surface area (Å²) in [5.41, 5.74) is 0. The van der Waals surface area contributed by atoms with Crippen LogP contribution in [0.2, 0.25) is 0 Å². The summed E-state index contributed by atoms with van der Waals surface area (Å²) >= 11 is 0. The van der Waals surface area contributed by atoms with Gasteiger partial charge in [0, 0.05) is 6.61 Å². The van der Waals surface area contributed by atoms with Gasteiger partial charge in [-0.25, -0.2) is 0 Å². The maximum absolute atomic E-state index is 7.88. The minimum atomic E-state index is 0. The van der Waals surface area contributed by atoms with Crippen LogP contribution in [0.3, 0.4) is 0 Å². The van der Waals surface area contributed by atoms with Crippen LogP contribution < -0.4 is 0 Å². The molecule has 0 radical (unpaired) electrons. The second-order valence-corrected chi connectivity index (χ2v) is 0.724. The van der Waals surface area contributed by atoms with Gasteiger partial charge in [0.1, 0.15) is 0 Å². The van der Waals surface area contributed by atoms with Crippen molar-refractivity contribution in [3.05, 3.63) is 0 Å². The Morgan fingerprint density at radius 1 is 1.60 bits per heavy atom. The van der Waals surface area contributed by atoms with Crippen LogP contribution in [-0.2, 0) is 0 Å². The second-order valence-electron chi connectivity index (χ2n) is 0.724. The monoisotopic (exact) mass is 146 g/mol. The molecule has 28 valence electrons. The number of hydrogen-bond acceptors (Lipinski definition) is 1. The fourth-order valence-electron chi connectivity index (χ4n) is 0. The summed E-state index contributed by atoms with van der Waals surface area (Å²) in [6.45, 7) is 2.25. The molecule has 0 rings (SSSR count). The molecule has 0 heterocycles. The molecule has 0 spiro atoms. The fraction of sp³-hybridized carbons (Fsp3) is 1.00. The fourth-order valence-corrected chi connectivity index (χ4v) is 0. The molecule has 1 N–H and O–H groups in total. The van der Waals surface area contributed by atoms with Gasteiger partial charge in [-0.15, -0.1) is 0 Å². The summed E-state index contributed by atoms with van der Waals surface area (Å²) in [5.74, 6) is 0. The van der Waals surface area contributed by atoms with E-state index >= 15 is 0 Å². The van der Waals surface area contributed by atoms with Crippen LogP contribution in [0.25, 0.3) is 0 Å². The summed E-state index contributed by atoms with van der Waals surface area (Å²) in [7, 11) is 0. The average Bonchev–Trinajstić information content (AvgIpc) is 1.37. The van der Waals surface area contributed by atoms with Gasteiger partial charge >= 0.3 is 58.2 Å². The van der Waals surface area contributed by atoms with Crippen LogP contribution in [0.15, 0.2) is 0 Å². The number of aliphatic hydroxyl groups is 1. The quantitative estimate of drug-likeness (QED) is 0.541. The Kier molecular flexibility index (Phi) is 18.3. The molecule has 0 aromatic carbocycles. The van der Waals surface area contributed by atoms with Crippen molar-refractivity contribution in [1.82, 2.24) is 0 Å². The molecule has 0 atom stereocenters. The number of aliphatic hydroxyl groups excluding tert-OH is 1. The van der Waals surface area contributed by atoms with E-state index in [1.165, 1.54) is 0 Å². The molecular formula is C3H9ORb. The third-order valence-corrected chi connectivity index (χ3v) is 0.224. The number of hydrogen-bond donors (Lipinski definition) is 1. The van der Waals surface area contributed by atoms with Gasteiger partial charge in [0.15, 0.2) is 0 Å². The van der Waals surface area contributed by atoms with Crippen LogP contribution in [-0.4, -0.2) is 69.9 Å². The SMILES string of the molecule is CCCO.[RbH]. The molecule has 0 saturated carbocycles. The minimum absolute atomic E-state index is 0. The molecular weight excluding hydrogens is 138 g/mol. The molecule has 0 fully saturated rings. The van der Waals surface area contributed by atoms with Gasteiger partial charge in [-0.1, -0.05) is 6.92 Å². The van der Waals surface area contributed by atoms with E-state index in [1.54, 1.807) is 0 Å². The molecule has 0 aliphatic carbocycles. The first kappa shape index (κ1) is 9.90. The predicted molar refractivity (Wildman–Crippen MR) is 24.5 cm³/mol. The molecule has 0 bridgehead atoms. The molecule has 0 unspecified atom stereocenters.